The Morgan fingerprint density at radius 3 is 2.92 bits per heavy atom. The van der Waals surface area contributed by atoms with Crippen molar-refractivity contribution in [1.29, 1.82) is 0 Å². The summed E-state index contributed by atoms with van der Waals surface area (Å²) in [6.45, 7) is 0. The second-order valence-electron chi connectivity index (χ2n) is 2.61. The molecule has 0 fully saturated rings. The molecular formula is C10H6NO2. The number of rotatable bonds is 1. The van der Waals surface area contributed by atoms with Gasteiger partial charge in [-0.25, -0.2) is 9.78 Å². The van der Waals surface area contributed by atoms with Crippen LogP contribution in [0.4, 0.5) is 0 Å². The predicted molar refractivity (Wildman–Crippen MR) is 47.5 cm³/mol. The second kappa shape index (κ2) is 2.86. The van der Waals surface area contributed by atoms with Gasteiger partial charge in [0.05, 0.1) is 5.52 Å². The van der Waals surface area contributed by atoms with Crippen LogP contribution in [0, 0.1) is 6.07 Å². The van der Waals surface area contributed by atoms with Crippen molar-refractivity contribution in [3.05, 3.63) is 42.1 Å². The van der Waals surface area contributed by atoms with E-state index >= 15 is 0 Å². The molecule has 3 heteroatoms. The standard InChI is InChI=1S/C10H6NO2/c12-10(13)9-6-5-7-3-1-2-4-8(7)11-9/h1-5H,(H,12,13). The highest BCUT2D eigenvalue weighted by atomic mass is 16.4. The van der Waals surface area contributed by atoms with Crippen LogP contribution in [0.1, 0.15) is 10.5 Å². The molecule has 0 saturated heterocycles. The van der Waals surface area contributed by atoms with E-state index in [2.05, 4.69) is 11.1 Å². The summed E-state index contributed by atoms with van der Waals surface area (Å²) >= 11 is 0. The molecule has 0 atom stereocenters. The van der Waals surface area contributed by atoms with Crippen molar-refractivity contribution >= 4 is 16.9 Å². The van der Waals surface area contributed by atoms with Gasteiger partial charge in [-0.2, -0.15) is 0 Å². The Labute approximate surface area is 74.7 Å². The molecule has 2 rings (SSSR count). The Balaban J connectivity index is 2.69. The lowest BCUT2D eigenvalue weighted by atomic mass is 10.2. The van der Waals surface area contributed by atoms with Crippen LogP contribution in [-0.2, 0) is 0 Å². The molecule has 0 aliphatic heterocycles. The first-order valence-electron chi connectivity index (χ1n) is 3.78. The second-order valence-corrected chi connectivity index (χ2v) is 2.61. The van der Waals surface area contributed by atoms with Crippen molar-refractivity contribution in [2.24, 2.45) is 0 Å². The molecule has 1 N–H and O–H groups in total. The zero-order valence-corrected chi connectivity index (χ0v) is 6.69. The molecule has 0 spiro atoms. The summed E-state index contributed by atoms with van der Waals surface area (Å²) in [7, 11) is 0. The third kappa shape index (κ3) is 1.36. The number of hydrogen-bond donors (Lipinski definition) is 1. The summed E-state index contributed by atoms with van der Waals surface area (Å²) < 4.78 is 0. The molecule has 0 saturated carbocycles. The fourth-order valence-corrected chi connectivity index (χ4v) is 1.12. The molecule has 1 aromatic carbocycles. The van der Waals surface area contributed by atoms with E-state index in [4.69, 9.17) is 5.11 Å². The number of carboxylic acid groups (broad SMARTS) is 1. The number of aromatic carboxylic acids is 1. The fourth-order valence-electron chi connectivity index (χ4n) is 1.12. The van der Waals surface area contributed by atoms with Gasteiger partial charge in [-0.05, 0) is 12.1 Å². The van der Waals surface area contributed by atoms with Gasteiger partial charge in [0.15, 0.2) is 5.69 Å². The maximum Gasteiger partial charge on any atom is 0.355 e. The van der Waals surface area contributed by atoms with Gasteiger partial charge in [-0.15, -0.1) is 0 Å². The van der Waals surface area contributed by atoms with E-state index in [-0.39, 0.29) is 5.69 Å². The molecule has 0 amide bonds. The number of hydrogen-bond acceptors (Lipinski definition) is 2. The maximum atomic E-state index is 10.6. The van der Waals surface area contributed by atoms with Crippen LogP contribution in [-0.4, -0.2) is 16.1 Å². The topological polar surface area (TPSA) is 50.2 Å². The minimum atomic E-state index is -1.05. The molecule has 1 radical (unpaired) electrons. The highest BCUT2D eigenvalue weighted by Gasteiger charge is 2.04. The highest BCUT2D eigenvalue weighted by molar-refractivity contribution is 5.89. The normalized spacial score (nSPS) is 10.2. The van der Waals surface area contributed by atoms with E-state index in [1.54, 1.807) is 12.1 Å². The molecule has 0 aliphatic carbocycles. The van der Waals surface area contributed by atoms with Gasteiger partial charge in [0.2, 0.25) is 0 Å². The van der Waals surface area contributed by atoms with E-state index in [9.17, 15) is 4.79 Å². The lowest BCUT2D eigenvalue weighted by molar-refractivity contribution is 0.0690. The quantitative estimate of drug-likeness (QED) is 0.712. The predicted octanol–water partition coefficient (Wildman–Crippen LogP) is 1.73. The van der Waals surface area contributed by atoms with Crippen LogP contribution in [0.2, 0.25) is 0 Å². The van der Waals surface area contributed by atoms with E-state index in [1.807, 2.05) is 18.2 Å². The zero-order valence-electron chi connectivity index (χ0n) is 6.69. The Morgan fingerprint density at radius 1 is 1.38 bits per heavy atom. The molecule has 0 bridgehead atoms. The minimum Gasteiger partial charge on any atom is -0.476 e. The first-order valence-corrected chi connectivity index (χ1v) is 3.78. The molecule has 0 aliphatic rings. The Bertz CT molecular complexity index is 465. The molecule has 1 aromatic heterocycles. The summed E-state index contributed by atoms with van der Waals surface area (Å²) in [5.41, 5.74) is 0.636. The summed E-state index contributed by atoms with van der Waals surface area (Å²) in [4.78, 5) is 14.5. The largest absolute Gasteiger partial charge is 0.476 e. The van der Waals surface area contributed by atoms with Crippen LogP contribution in [0.5, 0.6) is 0 Å². The number of pyridine rings is 1. The number of benzene rings is 1. The summed E-state index contributed by atoms with van der Waals surface area (Å²) in [6.07, 6.45) is 0. The lowest BCUT2D eigenvalue weighted by Gasteiger charge is -1.96. The first kappa shape index (κ1) is 7.73. The summed E-state index contributed by atoms with van der Waals surface area (Å²) in [6, 6.07) is 11.6. The fraction of sp³-hybridized carbons (Fsp3) is 0. The van der Waals surface area contributed by atoms with E-state index < -0.39 is 5.97 Å². The maximum absolute atomic E-state index is 10.6. The Kier molecular flexibility index (Phi) is 1.70. The number of aromatic nitrogens is 1. The Hall–Kier alpha value is -1.90. The van der Waals surface area contributed by atoms with Gasteiger partial charge in [0, 0.05) is 11.5 Å². The summed E-state index contributed by atoms with van der Waals surface area (Å²) in [5.74, 6) is -1.05. The third-order valence-corrected chi connectivity index (χ3v) is 1.74. The average molecular weight is 172 g/mol. The van der Waals surface area contributed by atoms with Crippen molar-refractivity contribution in [3.63, 3.8) is 0 Å². The number of carbonyl (C=O) groups is 1. The SMILES string of the molecule is O=C(O)c1[c]cc2ccccc2n1. The van der Waals surface area contributed by atoms with Crippen molar-refractivity contribution in [2.45, 2.75) is 0 Å². The lowest BCUT2D eigenvalue weighted by Crippen LogP contribution is -1.99. The number of para-hydroxylation sites is 1. The van der Waals surface area contributed by atoms with Gasteiger partial charge in [0.25, 0.3) is 0 Å². The molecule has 1 heterocycles. The van der Waals surface area contributed by atoms with Gasteiger partial charge in [0.1, 0.15) is 0 Å². The van der Waals surface area contributed by atoms with Crippen LogP contribution in [0.15, 0.2) is 30.3 Å². The van der Waals surface area contributed by atoms with E-state index in [0.29, 0.717) is 5.52 Å². The average Bonchev–Trinajstić information content (AvgIpc) is 2.17. The number of nitrogens with zero attached hydrogens (tertiary/aromatic N) is 1. The van der Waals surface area contributed by atoms with Crippen molar-refractivity contribution in [2.75, 3.05) is 0 Å². The third-order valence-electron chi connectivity index (χ3n) is 1.74. The van der Waals surface area contributed by atoms with E-state index in [1.165, 1.54) is 0 Å². The van der Waals surface area contributed by atoms with E-state index in [0.717, 1.165) is 5.39 Å². The van der Waals surface area contributed by atoms with Crippen LogP contribution in [0.25, 0.3) is 10.9 Å². The van der Waals surface area contributed by atoms with Crippen molar-refractivity contribution in [3.8, 4) is 0 Å². The molecule has 3 nitrogen and oxygen atoms in total. The monoisotopic (exact) mass is 172 g/mol. The van der Waals surface area contributed by atoms with Crippen LogP contribution >= 0.6 is 0 Å². The van der Waals surface area contributed by atoms with Crippen LogP contribution in [0.3, 0.4) is 0 Å². The Morgan fingerprint density at radius 2 is 2.15 bits per heavy atom. The molecule has 0 unspecified atom stereocenters. The van der Waals surface area contributed by atoms with Gasteiger partial charge in [-0.1, -0.05) is 18.2 Å². The smallest absolute Gasteiger partial charge is 0.355 e. The molecule has 63 valence electrons. The van der Waals surface area contributed by atoms with Gasteiger partial charge < -0.3 is 5.11 Å². The summed E-state index contributed by atoms with van der Waals surface area (Å²) in [5, 5.41) is 9.55. The molecule has 13 heavy (non-hydrogen) atoms. The first-order chi connectivity index (χ1) is 6.27. The zero-order chi connectivity index (χ0) is 9.26. The number of carboxylic acids is 1. The molecular weight excluding hydrogens is 166 g/mol. The molecule has 2 aromatic rings. The highest BCUT2D eigenvalue weighted by Crippen LogP contribution is 2.10. The minimum absolute atomic E-state index is 0.0429. The van der Waals surface area contributed by atoms with Crippen molar-refractivity contribution < 1.29 is 9.90 Å². The van der Waals surface area contributed by atoms with Gasteiger partial charge in [-0.3, -0.25) is 0 Å². The van der Waals surface area contributed by atoms with Gasteiger partial charge >= 0.3 is 5.97 Å². The van der Waals surface area contributed by atoms with Crippen molar-refractivity contribution in [1.82, 2.24) is 4.98 Å². The number of fused-ring (bicyclic) bond motifs is 1. The van der Waals surface area contributed by atoms with Crippen LogP contribution < -0.4 is 0 Å².